The van der Waals surface area contributed by atoms with E-state index in [9.17, 15) is 63.0 Å². The van der Waals surface area contributed by atoms with Crippen LogP contribution in [-0.4, -0.2) is 110 Å². The van der Waals surface area contributed by atoms with Crippen LogP contribution < -0.4 is 20.6 Å². The zero-order valence-corrected chi connectivity index (χ0v) is 29.0. The maximum Gasteiger partial charge on any atom is 0.547 e. The summed E-state index contributed by atoms with van der Waals surface area (Å²) in [5, 5.41) is 55.7. The molecule has 0 saturated carbocycles. The normalized spacial score (nSPS) is 15.9. The number of hydrogen-bond acceptors (Lipinski definition) is 11. The molecular formula is C32H28BCl2F2N5O12. The number of imide groups is 1. The number of aromatic carboxylic acids is 1. The molecular weight excluding hydrogens is 766 g/mol. The number of carboxylic acids is 1. The summed E-state index contributed by atoms with van der Waals surface area (Å²) in [7, 11) is -1.98. The molecule has 54 heavy (non-hydrogen) atoms. The van der Waals surface area contributed by atoms with Crippen LogP contribution in [0.3, 0.4) is 0 Å². The van der Waals surface area contributed by atoms with E-state index in [1.165, 1.54) is 18.2 Å². The SMILES string of the molecule is O=C(NCCCN1CCN(C(=O)N[C@H](C(=O)N[C@H]2Cc3ccc(F)c(C(=O)O)c3OB2O)c2cc(F)c(O)c(O)c2Cl)C(=O)C1=O)c1ccc(O)cc1Cl. The largest absolute Gasteiger partial charge is 0.547 e. The van der Waals surface area contributed by atoms with Crippen LogP contribution in [0.2, 0.25) is 10.0 Å². The van der Waals surface area contributed by atoms with E-state index in [-0.39, 0.29) is 54.4 Å². The summed E-state index contributed by atoms with van der Waals surface area (Å²) in [5.41, 5.74) is -1.35. The number of phenolic OH excluding ortho intramolecular Hbond substituents is 3. The van der Waals surface area contributed by atoms with Gasteiger partial charge < -0.3 is 51.0 Å². The monoisotopic (exact) mass is 793 g/mol. The Morgan fingerprint density at radius 3 is 2.39 bits per heavy atom. The molecule has 0 spiro atoms. The summed E-state index contributed by atoms with van der Waals surface area (Å²) in [5.74, 6) is -13.1. The first kappa shape index (κ1) is 39.4. The van der Waals surface area contributed by atoms with Crippen molar-refractivity contribution in [2.24, 2.45) is 0 Å². The number of halogens is 4. The van der Waals surface area contributed by atoms with Gasteiger partial charge in [-0.15, -0.1) is 0 Å². The Morgan fingerprint density at radius 1 is 0.981 bits per heavy atom. The minimum atomic E-state index is -2.07. The Morgan fingerprint density at radius 2 is 1.70 bits per heavy atom. The quantitative estimate of drug-likeness (QED) is 0.0629. The standard InChI is InChI=1S/C32H28BCl2F2N5O12/c34-17-11-14(43)3-4-15(17)27(46)38-6-1-7-41-8-9-42(30(49)29(41)48)32(52)40-23(16-12-19(37)24(44)25(45)22(16)35)28(47)39-20-10-13-2-5-18(36)21(31(50)51)26(13)54-33(20)53/h2-5,11-12,20,23,43-45,53H,1,6-10H2,(H,38,46)(H,39,47)(H,40,52)(H,50,51)/t20-,23-/m0/s1. The number of phenols is 3. The number of carbonyl (C=O) groups is 6. The smallest absolute Gasteiger partial charge is 0.534 e. The maximum absolute atomic E-state index is 14.6. The maximum atomic E-state index is 14.6. The van der Waals surface area contributed by atoms with Gasteiger partial charge in [-0.25, -0.2) is 18.4 Å². The van der Waals surface area contributed by atoms with Crippen molar-refractivity contribution in [1.82, 2.24) is 25.8 Å². The second kappa shape index (κ2) is 16.0. The van der Waals surface area contributed by atoms with Crippen LogP contribution in [0.4, 0.5) is 13.6 Å². The second-order valence-corrected chi connectivity index (χ2v) is 12.7. The third-order valence-corrected chi connectivity index (χ3v) is 9.14. The zero-order chi connectivity index (χ0) is 39.6. The van der Waals surface area contributed by atoms with Gasteiger partial charge in [0.15, 0.2) is 17.3 Å². The Bertz CT molecular complexity index is 2080. The third-order valence-electron chi connectivity index (χ3n) is 8.43. The molecule has 3 aromatic carbocycles. The predicted molar refractivity (Wildman–Crippen MR) is 182 cm³/mol. The Balaban J connectivity index is 1.28. The molecule has 2 atom stereocenters. The molecule has 0 aromatic heterocycles. The molecule has 284 valence electrons. The summed E-state index contributed by atoms with van der Waals surface area (Å²) in [4.78, 5) is 78.7. The molecule has 0 bridgehead atoms. The first-order chi connectivity index (χ1) is 25.5. The number of carbonyl (C=O) groups excluding carboxylic acids is 5. The van der Waals surface area contributed by atoms with Gasteiger partial charge in [0.25, 0.3) is 5.91 Å². The van der Waals surface area contributed by atoms with E-state index in [2.05, 4.69) is 16.0 Å². The fraction of sp³-hybridized carbons (Fsp3) is 0.250. The molecule has 5 rings (SSSR count). The molecule has 0 unspecified atom stereocenters. The van der Waals surface area contributed by atoms with Crippen LogP contribution in [0.25, 0.3) is 0 Å². The Labute approximate surface area is 313 Å². The minimum Gasteiger partial charge on any atom is -0.534 e. The summed E-state index contributed by atoms with van der Waals surface area (Å²) < 4.78 is 34.0. The predicted octanol–water partition coefficient (Wildman–Crippen LogP) is 1.47. The highest BCUT2D eigenvalue weighted by atomic mass is 35.5. The minimum absolute atomic E-state index is 0.0114. The van der Waals surface area contributed by atoms with E-state index in [0.717, 1.165) is 17.0 Å². The van der Waals surface area contributed by atoms with Crippen molar-refractivity contribution in [2.45, 2.75) is 24.8 Å². The number of benzene rings is 3. The topological polar surface area (TPSA) is 255 Å². The molecule has 8 N–H and O–H groups in total. The zero-order valence-electron chi connectivity index (χ0n) is 27.4. The fourth-order valence-electron chi connectivity index (χ4n) is 5.68. The summed E-state index contributed by atoms with van der Waals surface area (Å²) in [6.45, 7) is -0.537. The number of amides is 6. The van der Waals surface area contributed by atoms with E-state index >= 15 is 0 Å². The van der Waals surface area contributed by atoms with E-state index < -0.39 is 106 Å². The third kappa shape index (κ3) is 8.04. The van der Waals surface area contributed by atoms with Gasteiger partial charge in [-0.1, -0.05) is 29.3 Å². The van der Waals surface area contributed by atoms with E-state index in [1.54, 1.807) is 0 Å². The van der Waals surface area contributed by atoms with E-state index in [1.807, 2.05) is 0 Å². The Kier molecular flexibility index (Phi) is 11.7. The van der Waals surface area contributed by atoms with Crippen molar-refractivity contribution in [3.63, 3.8) is 0 Å². The van der Waals surface area contributed by atoms with Gasteiger partial charge in [0.05, 0.1) is 21.5 Å². The summed E-state index contributed by atoms with van der Waals surface area (Å²) in [6, 6.07) is 2.85. The number of nitrogens with one attached hydrogen (secondary N) is 3. The van der Waals surface area contributed by atoms with E-state index in [0.29, 0.717) is 11.0 Å². The Hall–Kier alpha value is -5.86. The highest BCUT2D eigenvalue weighted by Crippen LogP contribution is 2.41. The van der Waals surface area contributed by atoms with Crippen molar-refractivity contribution in [1.29, 1.82) is 0 Å². The fourth-order valence-corrected chi connectivity index (χ4v) is 6.19. The van der Waals surface area contributed by atoms with Gasteiger partial charge >= 0.3 is 30.9 Å². The van der Waals surface area contributed by atoms with Gasteiger partial charge in [0.1, 0.15) is 28.9 Å². The van der Waals surface area contributed by atoms with Crippen LogP contribution in [0, 0.1) is 11.6 Å². The molecule has 1 fully saturated rings. The van der Waals surface area contributed by atoms with Gasteiger partial charge in [-0.3, -0.25) is 24.1 Å². The molecule has 3 aromatic rings. The summed E-state index contributed by atoms with van der Waals surface area (Å²) in [6.07, 6.45) is -0.160. The number of aromatic hydroxyl groups is 3. The summed E-state index contributed by atoms with van der Waals surface area (Å²) >= 11 is 12.1. The highest BCUT2D eigenvalue weighted by molar-refractivity contribution is 6.47. The molecule has 17 nitrogen and oxygen atoms in total. The average Bonchev–Trinajstić information content (AvgIpc) is 3.11. The number of fused-ring (bicyclic) bond motifs is 1. The molecule has 6 amide bonds. The molecule has 2 aliphatic rings. The number of rotatable bonds is 10. The van der Waals surface area contributed by atoms with Crippen molar-refractivity contribution in [2.75, 3.05) is 26.2 Å². The molecule has 22 heteroatoms. The molecule has 1 saturated heterocycles. The van der Waals surface area contributed by atoms with Crippen LogP contribution in [0.15, 0.2) is 36.4 Å². The lowest BCUT2D eigenvalue weighted by Gasteiger charge is -2.34. The van der Waals surface area contributed by atoms with Crippen molar-refractivity contribution >= 4 is 65.9 Å². The van der Waals surface area contributed by atoms with Crippen molar-refractivity contribution in [3.8, 4) is 23.0 Å². The van der Waals surface area contributed by atoms with Gasteiger partial charge in [-0.2, -0.15) is 0 Å². The number of piperazine rings is 1. The van der Waals surface area contributed by atoms with Crippen LogP contribution >= 0.6 is 23.2 Å². The molecule has 2 heterocycles. The van der Waals surface area contributed by atoms with Crippen LogP contribution in [0.5, 0.6) is 23.0 Å². The van der Waals surface area contributed by atoms with Crippen molar-refractivity contribution in [3.05, 3.63) is 80.3 Å². The molecule has 2 aliphatic heterocycles. The number of hydrogen-bond donors (Lipinski definition) is 8. The lowest BCUT2D eigenvalue weighted by atomic mass is 9.72. The second-order valence-electron chi connectivity index (χ2n) is 11.9. The first-order valence-corrected chi connectivity index (χ1v) is 16.5. The number of nitrogens with zero attached hydrogens (tertiary/aromatic N) is 2. The van der Waals surface area contributed by atoms with Gasteiger partial charge in [-0.05, 0) is 48.7 Å². The lowest BCUT2D eigenvalue weighted by Crippen LogP contribution is -2.60. The lowest BCUT2D eigenvalue weighted by molar-refractivity contribution is -0.153. The highest BCUT2D eigenvalue weighted by Gasteiger charge is 2.42. The molecule has 0 radical (unpaired) electrons. The van der Waals surface area contributed by atoms with Gasteiger partial charge in [0, 0.05) is 31.7 Å². The molecule has 0 aliphatic carbocycles. The van der Waals surface area contributed by atoms with Crippen LogP contribution in [-0.2, 0) is 20.8 Å². The number of urea groups is 1. The van der Waals surface area contributed by atoms with Crippen molar-refractivity contribution < 1.29 is 67.7 Å². The average molecular weight is 794 g/mol. The first-order valence-electron chi connectivity index (χ1n) is 15.8. The number of carboxylic acid groups (broad SMARTS) is 1. The van der Waals surface area contributed by atoms with Gasteiger partial charge in [0.2, 0.25) is 5.91 Å². The van der Waals surface area contributed by atoms with Crippen LogP contribution in [0.1, 0.15) is 44.3 Å². The van der Waals surface area contributed by atoms with E-state index in [4.69, 9.17) is 27.9 Å².